The zero-order valence-corrected chi connectivity index (χ0v) is 15.0. The van der Waals surface area contributed by atoms with E-state index < -0.39 is 0 Å². The van der Waals surface area contributed by atoms with Crippen molar-refractivity contribution >= 4 is 0 Å². The summed E-state index contributed by atoms with van der Waals surface area (Å²) >= 11 is 0. The Morgan fingerprint density at radius 1 is 1.29 bits per heavy atom. The Kier molecular flexibility index (Phi) is 6.88. The normalized spacial score (nSPS) is 16.4. The maximum Gasteiger partial charge on any atom is 0.0640 e. The fourth-order valence-corrected chi connectivity index (χ4v) is 3.07. The molecule has 2 atom stereocenters. The quantitative estimate of drug-likeness (QED) is 0.759. The lowest BCUT2D eigenvalue weighted by Gasteiger charge is -2.42. The summed E-state index contributed by atoms with van der Waals surface area (Å²) < 4.78 is 2.14. The van der Waals surface area contributed by atoms with Gasteiger partial charge in [-0.25, -0.2) is 0 Å². The van der Waals surface area contributed by atoms with Gasteiger partial charge >= 0.3 is 0 Å². The lowest BCUT2D eigenvalue weighted by molar-refractivity contribution is 0.116. The van der Waals surface area contributed by atoms with Crippen molar-refractivity contribution in [2.24, 2.45) is 0 Å². The van der Waals surface area contributed by atoms with E-state index in [1.54, 1.807) is 0 Å². The molecule has 0 amide bonds. The van der Waals surface area contributed by atoms with Gasteiger partial charge in [0.1, 0.15) is 0 Å². The van der Waals surface area contributed by atoms with Gasteiger partial charge in [-0.1, -0.05) is 20.8 Å². The van der Waals surface area contributed by atoms with E-state index in [4.69, 9.17) is 5.10 Å². The fraction of sp³-hybridized carbons (Fsp3) is 0.824. The van der Waals surface area contributed by atoms with Crippen LogP contribution >= 0.6 is 0 Å². The Morgan fingerprint density at radius 2 is 1.90 bits per heavy atom. The average molecular weight is 294 g/mol. The van der Waals surface area contributed by atoms with Crippen molar-refractivity contribution < 1.29 is 0 Å². The summed E-state index contributed by atoms with van der Waals surface area (Å²) in [6, 6.07) is 3.09. The Hall–Kier alpha value is -0.870. The first-order valence-electron chi connectivity index (χ1n) is 8.31. The largest absolute Gasteiger partial charge is 0.315 e. The van der Waals surface area contributed by atoms with Crippen molar-refractivity contribution in [3.63, 3.8) is 0 Å². The van der Waals surface area contributed by atoms with Gasteiger partial charge in [-0.15, -0.1) is 0 Å². The smallest absolute Gasteiger partial charge is 0.0640 e. The molecule has 1 N–H and O–H groups in total. The zero-order valence-electron chi connectivity index (χ0n) is 15.0. The van der Waals surface area contributed by atoms with Crippen molar-refractivity contribution in [3.05, 3.63) is 18.0 Å². The maximum atomic E-state index is 4.81. The van der Waals surface area contributed by atoms with E-state index in [1.807, 2.05) is 0 Å². The molecule has 0 radical (unpaired) electrons. The molecule has 0 saturated heterocycles. The van der Waals surface area contributed by atoms with Crippen LogP contribution in [0.3, 0.4) is 0 Å². The molecular weight excluding hydrogens is 260 g/mol. The number of likely N-dealkylation sites (N-methyl/N-ethyl adjacent to an activating group) is 2. The van der Waals surface area contributed by atoms with Crippen molar-refractivity contribution in [1.29, 1.82) is 0 Å². The van der Waals surface area contributed by atoms with Crippen LogP contribution in [-0.2, 0) is 6.42 Å². The lowest BCUT2D eigenvalue weighted by Crippen LogP contribution is -2.57. The predicted molar refractivity (Wildman–Crippen MR) is 90.8 cm³/mol. The van der Waals surface area contributed by atoms with Gasteiger partial charge in [-0.3, -0.25) is 4.68 Å². The van der Waals surface area contributed by atoms with Crippen LogP contribution in [0.25, 0.3) is 0 Å². The Labute approximate surface area is 130 Å². The minimum Gasteiger partial charge on any atom is -0.315 e. The van der Waals surface area contributed by atoms with Crippen LogP contribution in [-0.4, -0.2) is 47.4 Å². The summed E-state index contributed by atoms with van der Waals surface area (Å²) in [5.41, 5.74) is 1.32. The Morgan fingerprint density at radius 3 is 2.33 bits per heavy atom. The molecule has 4 nitrogen and oxygen atoms in total. The number of rotatable bonds is 9. The highest BCUT2D eigenvalue weighted by atomic mass is 15.3. The van der Waals surface area contributed by atoms with Gasteiger partial charge in [-0.2, -0.15) is 5.10 Å². The van der Waals surface area contributed by atoms with Crippen LogP contribution in [0.4, 0.5) is 0 Å². The highest BCUT2D eigenvalue weighted by molar-refractivity contribution is 5.07. The van der Waals surface area contributed by atoms with Gasteiger partial charge in [-0.05, 0) is 53.4 Å². The number of aromatic nitrogens is 2. The number of nitrogens with zero attached hydrogens (tertiary/aromatic N) is 3. The van der Waals surface area contributed by atoms with E-state index in [9.17, 15) is 0 Å². The second kappa shape index (κ2) is 7.95. The third-order valence-corrected chi connectivity index (χ3v) is 5.23. The molecule has 0 spiro atoms. The Bertz CT molecular complexity index is 409. The molecule has 1 aromatic heterocycles. The topological polar surface area (TPSA) is 33.1 Å². The molecule has 0 bridgehead atoms. The van der Waals surface area contributed by atoms with E-state index in [0.29, 0.717) is 12.1 Å². The van der Waals surface area contributed by atoms with Crippen LogP contribution in [0.2, 0.25) is 0 Å². The second-order valence-corrected chi connectivity index (χ2v) is 6.41. The molecule has 1 rings (SSSR count). The number of hydrogen-bond donors (Lipinski definition) is 1. The van der Waals surface area contributed by atoms with Crippen molar-refractivity contribution in [3.8, 4) is 0 Å². The first kappa shape index (κ1) is 18.2. The van der Waals surface area contributed by atoms with Gasteiger partial charge < -0.3 is 10.2 Å². The van der Waals surface area contributed by atoms with E-state index in [1.165, 1.54) is 5.69 Å². The van der Waals surface area contributed by atoms with Crippen molar-refractivity contribution in [1.82, 2.24) is 20.0 Å². The molecule has 122 valence electrons. The highest BCUT2D eigenvalue weighted by Crippen LogP contribution is 2.24. The van der Waals surface area contributed by atoms with E-state index in [2.05, 4.69) is 76.0 Å². The van der Waals surface area contributed by atoms with Gasteiger partial charge in [0.15, 0.2) is 0 Å². The fourth-order valence-electron chi connectivity index (χ4n) is 3.07. The molecule has 2 unspecified atom stereocenters. The van der Waals surface area contributed by atoms with Crippen LogP contribution < -0.4 is 5.32 Å². The molecule has 4 heteroatoms. The van der Waals surface area contributed by atoms with E-state index >= 15 is 0 Å². The predicted octanol–water partition coefficient (Wildman–Crippen LogP) is 3.11. The first-order valence-corrected chi connectivity index (χ1v) is 8.31. The molecule has 1 aromatic rings. The molecule has 0 aliphatic heterocycles. The van der Waals surface area contributed by atoms with Crippen LogP contribution in [0, 0.1) is 0 Å². The third kappa shape index (κ3) is 4.07. The summed E-state index contributed by atoms with van der Waals surface area (Å²) in [6.45, 7) is 9.04. The zero-order chi connectivity index (χ0) is 16.0. The summed E-state index contributed by atoms with van der Waals surface area (Å²) in [4.78, 5) is 2.33. The van der Waals surface area contributed by atoms with Crippen molar-refractivity contribution in [2.75, 3.05) is 21.1 Å². The SMILES string of the molecule is CCC(CC)n1ccc(CC(NC)C(C)(CC)N(C)C)n1. The standard InChI is InChI=1S/C17H34N4/c1-8-15(9-2)21-12-11-14(19-21)13-16(18-5)17(4,10-3)20(6)7/h11-12,15-16,18H,8-10,13H2,1-7H3. The maximum absolute atomic E-state index is 4.81. The van der Waals surface area contributed by atoms with Gasteiger partial charge in [0.25, 0.3) is 0 Å². The van der Waals surface area contributed by atoms with Gasteiger partial charge in [0.05, 0.1) is 11.7 Å². The summed E-state index contributed by atoms with van der Waals surface area (Å²) in [5.74, 6) is 0. The van der Waals surface area contributed by atoms with Crippen molar-refractivity contribution in [2.45, 2.75) is 71.0 Å². The van der Waals surface area contributed by atoms with Gasteiger partial charge in [0, 0.05) is 24.2 Å². The first-order chi connectivity index (χ1) is 9.92. The van der Waals surface area contributed by atoms with E-state index in [-0.39, 0.29) is 5.54 Å². The van der Waals surface area contributed by atoms with Crippen LogP contribution in [0.5, 0.6) is 0 Å². The van der Waals surface area contributed by atoms with Crippen LogP contribution in [0.1, 0.15) is 58.7 Å². The summed E-state index contributed by atoms with van der Waals surface area (Å²) in [6.07, 6.45) is 6.48. The highest BCUT2D eigenvalue weighted by Gasteiger charge is 2.34. The molecule has 1 heterocycles. The lowest BCUT2D eigenvalue weighted by atomic mass is 9.85. The minimum atomic E-state index is 0.132. The molecule has 21 heavy (non-hydrogen) atoms. The third-order valence-electron chi connectivity index (χ3n) is 5.23. The molecule has 0 saturated carbocycles. The molecule has 0 aromatic carbocycles. The molecular formula is C17H34N4. The average Bonchev–Trinajstić information content (AvgIpc) is 2.93. The minimum absolute atomic E-state index is 0.132. The Balaban J connectivity index is 2.87. The second-order valence-electron chi connectivity index (χ2n) is 6.41. The van der Waals surface area contributed by atoms with E-state index in [0.717, 1.165) is 25.7 Å². The number of hydrogen-bond acceptors (Lipinski definition) is 3. The molecule has 0 fully saturated rings. The summed E-state index contributed by atoms with van der Waals surface area (Å²) in [5, 5.41) is 8.30. The molecule has 0 aliphatic carbocycles. The molecule has 0 aliphatic rings. The van der Waals surface area contributed by atoms with Gasteiger partial charge in [0.2, 0.25) is 0 Å². The summed E-state index contributed by atoms with van der Waals surface area (Å²) in [7, 11) is 6.38. The number of nitrogens with one attached hydrogen (secondary N) is 1. The van der Waals surface area contributed by atoms with Crippen LogP contribution in [0.15, 0.2) is 12.3 Å². The monoisotopic (exact) mass is 294 g/mol.